The van der Waals surface area contributed by atoms with E-state index in [4.69, 9.17) is 11.6 Å². The minimum atomic E-state index is -0.618. The molecule has 2 aliphatic rings. The van der Waals surface area contributed by atoms with Gasteiger partial charge in [-0.05, 0) is 53.8 Å². The first-order chi connectivity index (χ1) is 16.8. The number of hydrogen-bond acceptors (Lipinski definition) is 5. The van der Waals surface area contributed by atoms with Crippen LogP contribution < -0.4 is 5.32 Å². The Morgan fingerprint density at radius 3 is 2.49 bits per heavy atom. The molecule has 4 amide bonds. The summed E-state index contributed by atoms with van der Waals surface area (Å²) in [4.78, 5) is 53.6. The van der Waals surface area contributed by atoms with Crippen LogP contribution in [0, 0.1) is 5.82 Å². The number of Topliss-reactive ketones (excluding diaryl/α,β-unsaturated/α-hetero) is 1. The molecule has 0 radical (unpaired) electrons. The van der Waals surface area contributed by atoms with Gasteiger partial charge in [0, 0.05) is 30.1 Å². The van der Waals surface area contributed by atoms with E-state index in [-0.39, 0.29) is 42.7 Å². The number of carbonyl (C=O) groups is 4. The standard InChI is InChI=1S/C25H23ClFN3O4S/c26-18-5-1-16(2-6-18)9-12-28-22(32)10-13-29-24(33)23-20(11-14-35-23)30(25(29)34)15-21(31)17-3-7-19(27)8-4-17/h1-8,11,14,20,23H,9-10,12-13,15H2,(H,28,32). The molecule has 2 unspecified atom stereocenters. The van der Waals surface area contributed by atoms with E-state index in [1.54, 1.807) is 23.6 Å². The molecule has 1 saturated heterocycles. The molecule has 2 heterocycles. The summed E-state index contributed by atoms with van der Waals surface area (Å²) in [7, 11) is 0. The van der Waals surface area contributed by atoms with Gasteiger partial charge in [0.15, 0.2) is 5.78 Å². The van der Waals surface area contributed by atoms with E-state index in [1.165, 1.54) is 40.9 Å². The molecule has 1 N–H and O–H groups in total. The Hall–Kier alpha value is -3.17. The highest BCUT2D eigenvalue weighted by atomic mass is 35.5. The summed E-state index contributed by atoms with van der Waals surface area (Å²) < 4.78 is 13.2. The molecular formula is C25H23ClFN3O4S. The SMILES string of the molecule is O=C(CCN1C(=O)C2SC=CC2N(CC(=O)c2ccc(F)cc2)C1=O)NCCc1ccc(Cl)cc1. The Labute approximate surface area is 211 Å². The fraction of sp³-hybridized carbons (Fsp3) is 0.280. The van der Waals surface area contributed by atoms with Crippen LogP contribution in [0.2, 0.25) is 5.02 Å². The molecule has 4 rings (SSSR count). The number of rotatable bonds is 9. The fourth-order valence-electron chi connectivity index (χ4n) is 3.95. The molecule has 2 aliphatic heterocycles. The molecule has 1 fully saturated rings. The minimum absolute atomic E-state index is 0.0483. The highest BCUT2D eigenvalue weighted by molar-refractivity contribution is 8.03. The molecule has 0 spiro atoms. The number of nitrogens with zero attached hydrogens (tertiary/aromatic N) is 2. The minimum Gasteiger partial charge on any atom is -0.356 e. The summed E-state index contributed by atoms with van der Waals surface area (Å²) in [5, 5.41) is 4.60. The molecule has 0 aliphatic carbocycles. The Bertz CT molecular complexity index is 1160. The molecule has 2 aromatic carbocycles. The molecule has 2 aromatic rings. The van der Waals surface area contributed by atoms with Gasteiger partial charge in [0.2, 0.25) is 11.8 Å². The zero-order valence-electron chi connectivity index (χ0n) is 18.7. The monoisotopic (exact) mass is 515 g/mol. The number of carbonyl (C=O) groups excluding carboxylic acids is 4. The van der Waals surface area contributed by atoms with Gasteiger partial charge in [-0.2, -0.15) is 0 Å². The van der Waals surface area contributed by atoms with Crippen molar-refractivity contribution in [2.24, 2.45) is 0 Å². The van der Waals surface area contributed by atoms with Gasteiger partial charge in [-0.1, -0.05) is 29.8 Å². The summed E-state index contributed by atoms with van der Waals surface area (Å²) in [5.41, 5.74) is 1.29. The molecule has 10 heteroatoms. The molecule has 182 valence electrons. The van der Waals surface area contributed by atoms with Crippen molar-refractivity contribution in [2.45, 2.75) is 24.1 Å². The highest BCUT2D eigenvalue weighted by Crippen LogP contribution is 2.34. The summed E-state index contributed by atoms with van der Waals surface area (Å²) >= 11 is 7.15. The van der Waals surface area contributed by atoms with Gasteiger partial charge in [-0.15, -0.1) is 11.8 Å². The lowest BCUT2D eigenvalue weighted by Gasteiger charge is -2.40. The predicted octanol–water partition coefficient (Wildman–Crippen LogP) is 3.67. The van der Waals surface area contributed by atoms with Crippen LogP contribution in [0.3, 0.4) is 0 Å². The van der Waals surface area contributed by atoms with E-state index in [0.717, 1.165) is 10.5 Å². The lowest BCUT2D eigenvalue weighted by Crippen LogP contribution is -2.63. The topological polar surface area (TPSA) is 86.8 Å². The lowest BCUT2D eigenvalue weighted by atomic mass is 10.1. The number of fused-ring (bicyclic) bond motifs is 1. The van der Waals surface area contributed by atoms with E-state index in [2.05, 4.69) is 5.32 Å². The number of urea groups is 1. The summed E-state index contributed by atoms with van der Waals surface area (Å²) in [5.74, 6) is -1.49. The van der Waals surface area contributed by atoms with E-state index >= 15 is 0 Å². The fourth-order valence-corrected chi connectivity index (χ4v) is 5.14. The van der Waals surface area contributed by atoms with Crippen molar-refractivity contribution >= 4 is 47.0 Å². The maximum absolute atomic E-state index is 13.2. The Morgan fingerprint density at radius 1 is 1.06 bits per heavy atom. The second-order valence-electron chi connectivity index (χ2n) is 8.18. The number of halogens is 2. The summed E-state index contributed by atoms with van der Waals surface area (Å²) in [6.45, 7) is 0.0637. The molecule has 0 bridgehead atoms. The molecule has 7 nitrogen and oxygen atoms in total. The van der Waals surface area contributed by atoms with Gasteiger partial charge in [0.25, 0.3) is 0 Å². The van der Waals surface area contributed by atoms with Crippen LogP contribution in [0.5, 0.6) is 0 Å². The summed E-state index contributed by atoms with van der Waals surface area (Å²) in [6.07, 6.45) is 2.30. The van der Waals surface area contributed by atoms with Crippen molar-refractivity contribution in [1.82, 2.24) is 15.1 Å². The predicted molar refractivity (Wildman–Crippen MR) is 132 cm³/mol. The van der Waals surface area contributed by atoms with Crippen molar-refractivity contribution in [3.63, 3.8) is 0 Å². The Morgan fingerprint density at radius 2 is 1.77 bits per heavy atom. The zero-order chi connectivity index (χ0) is 24.9. The van der Waals surface area contributed by atoms with E-state index in [0.29, 0.717) is 18.0 Å². The molecule has 2 atom stereocenters. The smallest absolute Gasteiger partial charge is 0.327 e. The van der Waals surface area contributed by atoms with Gasteiger partial charge < -0.3 is 10.2 Å². The molecular weight excluding hydrogens is 493 g/mol. The third kappa shape index (κ3) is 5.91. The van der Waals surface area contributed by atoms with Crippen molar-refractivity contribution in [3.05, 3.63) is 82.0 Å². The number of nitrogens with one attached hydrogen (secondary N) is 1. The second-order valence-corrected chi connectivity index (χ2v) is 9.67. The second kappa shape index (κ2) is 11.0. The first-order valence-electron chi connectivity index (χ1n) is 11.1. The molecule has 0 aromatic heterocycles. The number of amides is 4. The third-order valence-corrected chi connectivity index (χ3v) is 7.19. The maximum Gasteiger partial charge on any atom is 0.327 e. The van der Waals surface area contributed by atoms with Crippen molar-refractivity contribution in [3.8, 4) is 0 Å². The first-order valence-corrected chi connectivity index (χ1v) is 12.4. The number of hydrogen-bond donors (Lipinski definition) is 1. The lowest BCUT2D eigenvalue weighted by molar-refractivity contribution is -0.131. The number of thioether (sulfide) groups is 1. The van der Waals surface area contributed by atoms with Crippen LogP contribution in [-0.4, -0.2) is 64.4 Å². The van der Waals surface area contributed by atoms with Crippen molar-refractivity contribution < 1.29 is 23.6 Å². The number of ketones is 1. The number of benzene rings is 2. The largest absolute Gasteiger partial charge is 0.356 e. The quantitative estimate of drug-likeness (QED) is 0.515. The van der Waals surface area contributed by atoms with Crippen LogP contribution in [0.4, 0.5) is 9.18 Å². The van der Waals surface area contributed by atoms with Crippen molar-refractivity contribution in [1.29, 1.82) is 0 Å². The number of imide groups is 1. The van der Waals surface area contributed by atoms with Crippen LogP contribution in [-0.2, 0) is 16.0 Å². The third-order valence-electron chi connectivity index (χ3n) is 5.85. The Balaban J connectivity index is 1.35. The van der Waals surface area contributed by atoms with Crippen LogP contribution >= 0.6 is 23.4 Å². The van der Waals surface area contributed by atoms with Crippen LogP contribution in [0.25, 0.3) is 0 Å². The van der Waals surface area contributed by atoms with Gasteiger partial charge in [0.05, 0.1) is 12.6 Å². The summed E-state index contributed by atoms with van der Waals surface area (Å²) in [6, 6.07) is 11.2. The van der Waals surface area contributed by atoms with E-state index < -0.39 is 23.1 Å². The normalized spacial score (nSPS) is 19.1. The molecule has 0 saturated carbocycles. The maximum atomic E-state index is 13.2. The van der Waals surface area contributed by atoms with Crippen LogP contribution in [0.15, 0.2) is 60.0 Å². The zero-order valence-corrected chi connectivity index (χ0v) is 20.2. The highest BCUT2D eigenvalue weighted by Gasteiger charge is 2.47. The van der Waals surface area contributed by atoms with Crippen molar-refractivity contribution in [2.75, 3.05) is 19.6 Å². The van der Waals surface area contributed by atoms with Gasteiger partial charge in [-0.25, -0.2) is 9.18 Å². The average Bonchev–Trinajstić information content (AvgIpc) is 3.33. The Kier molecular flexibility index (Phi) is 7.87. The first kappa shape index (κ1) is 24.9. The van der Waals surface area contributed by atoms with Gasteiger partial charge in [-0.3, -0.25) is 19.3 Å². The average molecular weight is 516 g/mol. The molecule has 35 heavy (non-hydrogen) atoms. The van der Waals surface area contributed by atoms with Gasteiger partial charge >= 0.3 is 6.03 Å². The van der Waals surface area contributed by atoms with E-state index in [9.17, 15) is 23.6 Å². The van der Waals surface area contributed by atoms with Gasteiger partial charge in [0.1, 0.15) is 11.1 Å². The van der Waals surface area contributed by atoms with Crippen LogP contribution in [0.1, 0.15) is 22.3 Å². The van der Waals surface area contributed by atoms with E-state index in [1.807, 2.05) is 12.1 Å².